The molecule has 5 nitrogen and oxygen atoms in total. The molecule has 1 aromatic carbocycles. The molecule has 20 heavy (non-hydrogen) atoms. The minimum atomic E-state index is -0.405. The Balaban J connectivity index is 2.57. The number of ether oxygens (including phenoxy) is 1. The summed E-state index contributed by atoms with van der Waals surface area (Å²) in [5, 5.41) is 14.6. The Bertz CT molecular complexity index is 492. The fraction of sp³-hybridized carbons (Fsp3) is 0.333. The van der Waals surface area contributed by atoms with Crippen LogP contribution < -0.4 is 10.6 Å². The van der Waals surface area contributed by atoms with Gasteiger partial charge in [0.1, 0.15) is 11.6 Å². The lowest BCUT2D eigenvalue weighted by atomic mass is 10.1. The van der Waals surface area contributed by atoms with Gasteiger partial charge in [-0.3, -0.25) is 4.79 Å². The number of nitrogens with zero attached hydrogens (tertiary/aromatic N) is 1. The summed E-state index contributed by atoms with van der Waals surface area (Å²) in [6, 6.07) is 11.7. The van der Waals surface area contributed by atoms with Crippen LogP contribution in [-0.4, -0.2) is 26.2 Å². The molecule has 0 saturated carbocycles. The van der Waals surface area contributed by atoms with E-state index in [1.807, 2.05) is 43.3 Å². The molecule has 1 rings (SSSR count). The summed E-state index contributed by atoms with van der Waals surface area (Å²) in [5.74, 6) is -0.405. The number of rotatable bonds is 7. The van der Waals surface area contributed by atoms with Crippen molar-refractivity contribution in [3.05, 3.63) is 47.7 Å². The lowest BCUT2D eigenvalue weighted by Gasteiger charge is -2.12. The second kappa shape index (κ2) is 8.73. The van der Waals surface area contributed by atoms with Gasteiger partial charge in [0, 0.05) is 25.9 Å². The normalized spacial score (nSPS) is 12.3. The summed E-state index contributed by atoms with van der Waals surface area (Å²) in [6.45, 7) is 2.75. The molecule has 0 saturated heterocycles. The third-order valence-corrected chi connectivity index (χ3v) is 2.73. The molecule has 0 aromatic heterocycles. The van der Waals surface area contributed by atoms with Gasteiger partial charge in [0.05, 0.1) is 6.61 Å². The summed E-state index contributed by atoms with van der Waals surface area (Å²) in [5.41, 5.74) is 1.13. The second-order valence-corrected chi connectivity index (χ2v) is 4.22. The standard InChI is InChI=1S/C15H19N3O2/c1-12(13-6-4-3-5-7-13)18-11-14(10-16)15(19)17-8-9-20-2/h3-7,11-12,18H,8-9H2,1-2H3,(H,17,19)/b14-11-. The Morgan fingerprint density at radius 2 is 2.15 bits per heavy atom. The van der Waals surface area contributed by atoms with Crippen molar-refractivity contribution in [2.75, 3.05) is 20.3 Å². The first kappa shape index (κ1) is 15.7. The zero-order chi connectivity index (χ0) is 14.8. The first-order chi connectivity index (χ1) is 9.69. The molecule has 1 amide bonds. The van der Waals surface area contributed by atoms with Gasteiger partial charge in [-0.05, 0) is 12.5 Å². The van der Waals surface area contributed by atoms with Crippen LogP contribution in [0.25, 0.3) is 0 Å². The van der Waals surface area contributed by atoms with Crippen molar-refractivity contribution >= 4 is 5.91 Å². The van der Waals surface area contributed by atoms with Gasteiger partial charge >= 0.3 is 0 Å². The number of carbonyl (C=O) groups is 1. The molecule has 1 unspecified atom stereocenters. The van der Waals surface area contributed by atoms with Crippen LogP contribution in [0.5, 0.6) is 0 Å². The summed E-state index contributed by atoms with van der Waals surface area (Å²) < 4.78 is 4.83. The van der Waals surface area contributed by atoms with Crippen LogP contribution in [0.3, 0.4) is 0 Å². The highest BCUT2D eigenvalue weighted by atomic mass is 16.5. The summed E-state index contributed by atoms with van der Waals surface area (Å²) >= 11 is 0. The Labute approximate surface area is 119 Å². The first-order valence-corrected chi connectivity index (χ1v) is 6.37. The largest absolute Gasteiger partial charge is 0.383 e. The van der Waals surface area contributed by atoms with E-state index in [0.717, 1.165) is 5.56 Å². The molecule has 0 heterocycles. The van der Waals surface area contributed by atoms with Crippen molar-refractivity contribution in [3.8, 4) is 6.07 Å². The van der Waals surface area contributed by atoms with Crippen LogP contribution >= 0.6 is 0 Å². The number of benzene rings is 1. The highest BCUT2D eigenvalue weighted by Gasteiger charge is 2.09. The van der Waals surface area contributed by atoms with Crippen molar-refractivity contribution in [1.82, 2.24) is 10.6 Å². The highest BCUT2D eigenvalue weighted by Crippen LogP contribution is 2.11. The molecule has 0 aliphatic heterocycles. The molecule has 106 valence electrons. The van der Waals surface area contributed by atoms with Crippen molar-refractivity contribution in [2.24, 2.45) is 0 Å². The zero-order valence-electron chi connectivity index (χ0n) is 11.7. The first-order valence-electron chi connectivity index (χ1n) is 6.37. The average Bonchev–Trinajstić information content (AvgIpc) is 2.49. The highest BCUT2D eigenvalue weighted by molar-refractivity contribution is 5.97. The maximum absolute atomic E-state index is 11.7. The van der Waals surface area contributed by atoms with Crippen LogP contribution in [0.4, 0.5) is 0 Å². The van der Waals surface area contributed by atoms with Crippen LogP contribution in [0.2, 0.25) is 0 Å². The molecular formula is C15H19N3O2. The minimum absolute atomic E-state index is 0.0197. The Morgan fingerprint density at radius 3 is 2.75 bits per heavy atom. The van der Waals surface area contributed by atoms with E-state index < -0.39 is 5.91 Å². The second-order valence-electron chi connectivity index (χ2n) is 4.22. The van der Waals surface area contributed by atoms with Gasteiger partial charge in [-0.2, -0.15) is 5.26 Å². The van der Waals surface area contributed by atoms with Gasteiger partial charge in [-0.15, -0.1) is 0 Å². The van der Waals surface area contributed by atoms with Crippen molar-refractivity contribution in [2.45, 2.75) is 13.0 Å². The number of methoxy groups -OCH3 is 1. The number of nitrogens with one attached hydrogen (secondary N) is 2. The van der Waals surface area contributed by atoms with E-state index >= 15 is 0 Å². The Morgan fingerprint density at radius 1 is 1.45 bits per heavy atom. The van der Waals surface area contributed by atoms with E-state index in [2.05, 4.69) is 10.6 Å². The number of hydrogen-bond acceptors (Lipinski definition) is 4. The molecule has 5 heteroatoms. The Hall–Kier alpha value is -2.32. The number of carbonyl (C=O) groups excluding carboxylic acids is 1. The molecule has 0 aliphatic carbocycles. The van der Waals surface area contributed by atoms with Crippen molar-refractivity contribution in [3.63, 3.8) is 0 Å². The quantitative estimate of drug-likeness (QED) is 0.448. The van der Waals surface area contributed by atoms with Gasteiger partial charge in [-0.1, -0.05) is 30.3 Å². The SMILES string of the molecule is COCCNC(=O)/C(C#N)=C\NC(C)c1ccccc1. The maximum atomic E-state index is 11.7. The fourth-order valence-electron chi connectivity index (χ4n) is 1.56. The summed E-state index contributed by atoms with van der Waals surface area (Å²) in [7, 11) is 1.55. The lowest BCUT2D eigenvalue weighted by molar-refractivity contribution is -0.117. The van der Waals surface area contributed by atoms with Gasteiger partial charge in [-0.25, -0.2) is 0 Å². The molecule has 0 aliphatic rings. The topological polar surface area (TPSA) is 74.1 Å². The lowest BCUT2D eigenvalue weighted by Crippen LogP contribution is -2.29. The molecular weight excluding hydrogens is 254 g/mol. The third kappa shape index (κ3) is 5.12. The monoisotopic (exact) mass is 273 g/mol. The van der Waals surface area contributed by atoms with E-state index in [1.165, 1.54) is 6.20 Å². The smallest absolute Gasteiger partial charge is 0.263 e. The van der Waals surface area contributed by atoms with E-state index in [1.54, 1.807) is 7.11 Å². The predicted octanol–water partition coefficient (Wildman–Crippen LogP) is 1.51. The third-order valence-electron chi connectivity index (χ3n) is 2.73. The van der Waals surface area contributed by atoms with Crippen LogP contribution in [0, 0.1) is 11.3 Å². The van der Waals surface area contributed by atoms with E-state index in [4.69, 9.17) is 10.00 Å². The number of hydrogen-bond donors (Lipinski definition) is 2. The molecule has 1 aromatic rings. The molecule has 1 atom stereocenters. The van der Waals surface area contributed by atoms with Crippen molar-refractivity contribution in [1.29, 1.82) is 5.26 Å². The Kier molecular flexibility index (Phi) is 6.87. The van der Waals surface area contributed by atoms with Crippen LogP contribution in [0.1, 0.15) is 18.5 Å². The van der Waals surface area contributed by atoms with Gasteiger partial charge in [0.25, 0.3) is 5.91 Å². The van der Waals surface area contributed by atoms with Gasteiger partial charge in [0.2, 0.25) is 0 Å². The summed E-state index contributed by atoms with van der Waals surface area (Å²) in [6.07, 6.45) is 1.44. The molecule has 2 N–H and O–H groups in total. The van der Waals surface area contributed by atoms with E-state index in [9.17, 15) is 4.79 Å². The fourth-order valence-corrected chi connectivity index (χ4v) is 1.56. The minimum Gasteiger partial charge on any atom is -0.383 e. The molecule has 0 radical (unpaired) electrons. The van der Waals surface area contributed by atoms with Crippen LogP contribution in [-0.2, 0) is 9.53 Å². The van der Waals surface area contributed by atoms with Gasteiger partial charge < -0.3 is 15.4 Å². The average molecular weight is 273 g/mol. The van der Waals surface area contributed by atoms with Crippen molar-refractivity contribution < 1.29 is 9.53 Å². The molecule has 0 bridgehead atoms. The molecule has 0 spiro atoms. The summed E-state index contributed by atoms with van der Waals surface area (Å²) in [4.78, 5) is 11.7. The van der Waals surface area contributed by atoms with E-state index in [-0.39, 0.29) is 11.6 Å². The van der Waals surface area contributed by atoms with E-state index in [0.29, 0.717) is 13.2 Å². The maximum Gasteiger partial charge on any atom is 0.263 e. The molecule has 0 fully saturated rings. The van der Waals surface area contributed by atoms with Gasteiger partial charge in [0.15, 0.2) is 0 Å². The number of nitriles is 1. The number of amides is 1. The zero-order valence-corrected chi connectivity index (χ0v) is 11.7. The predicted molar refractivity (Wildman–Crippen MR) is 76.6 cm³/mol. The van der Waals surface area contributed by atoms with Crippen LogP contribution in [0.15, 0.2) is 42.1 Å².